The smallest absolute Gasteiger partial charge is 0.123 e. The average Bonchev–Trinajstić information content (AvgIpc) is 2.49. The number of nitrogens with zero attached hydrogens (tertiary/aromatic N) is 1. The van der Waals surface area contributed by atoms with Crippen molar-refractivity contribution in [3.63, 3.8) is 0 Å². The highest BCUT2D eigenvalue weighted by molar-refractivity contribution is 5.80. The lowest BCUT2D eigenvalue weighted by atomic mass is 9.76. The van der Waals surface area contributed by atoms with Crippen LogP contribution in [0.1, 0.15) is 28.3 Å². The molecular weight excluding hydrogens is 270 g/mol. The molecule has 0 saturated carbocycles. The maximum absolute atomic E-state index is 10.4. The van der Waals surface area contributed by atoms with E-state index < -0.39 is 0 Å². The molecule has 1 aliphatic carbocycles. The van der Waals surface area contributed by atoms with Gasteiger partial charge in [-0.25, -0.2) is 0 Å². The Labute approximate surface area is 131 Å². The minimum Gasteiger partial charge on any atom is -0.507 e. The van der Waals surface area contributed by atoms with Crippen LogP contribution < -0.4 is 0 Å². The van der Waals surface area contributed by atoms with Crippen molar-refractivity contribution in [2.45, 2.75) is 25.8 Å². The fourth-order valence-electron chi connectivity index (χ4n) is 4.10. The van der Waals surface area contributed by atoms with E-state index in [0.717, 1.165) is 24.9 Å². The molecule has 2 heteroatoms. The summed E-state index contributed by atoms with van der Waals surface area (Å²) in [4.78, 5) is 2.40. The molecule has 2 aromatic carbocycles. The van der Waals surface area contributed by atoms with Gasteiger partial charge in [0.15, 0.2) is 0 Å². The number of aryl methyl sites for hydroxylation is 1. The summed E-state index contributed by atoms with van der Waals surface area (Å²) in [6.07, 6.45) is 7.52. The van der Waals surface area contributed by atoms with Gasteiger partial charge in [0.1, 0.15) is 5.75 Å². The average molecular weight is 289 g/mol. The van der Waals surface area contributed by atoms with Crippen LogP contribution in [0.3, 0.4) is 0 Å². The summed E-state index contributed by atoms with van der Waals surface area (Å²) in [6, 6.07) is 10.7. The predicted octanol–water partition coefficient (Wildman–Crippen LogP) is 3.46. The summed E-state index contributed by atoms with van der Waals surface area (Å²) in [5.74, 6) is 3.19. The van der Waals surface area contributed by atoms with Gasteiger partial charge in [0, 0.05) is 18.2 Å². The molecule has 2 aromatic rings. The standard InChI is InChI=1S/C20H19NO/c1-3-8-21-9-7-15-10-13(2)11-16-19(15)17(21)12-14-5-4-6-18(22)20(14)16/h1,4-6,10-11,17,22H,7-9,12H2,2H3/t17-/m1/s1. The van der Waals surface area contributed by atoms with Crippen molar-refractivity contribution in [1.82, 2.24) is 4.90 Å². The van der Waals surface area contributed by atoms with Crippen molar-refractivity contribution in [3.05, 3.63) is 52.6 Å². The van der Waals surface area contributed by atoms with Crippen molar-refractivity contribution in [1.29, 1.82) is 0 Å². The van der Waals surface area contributed by atoms with E-state index in [4.69, 9.17) is 6.42 Å². The monoisotopic (exact) mass is 289 g/mol. The number of hydrogen-bond donors (Lipinski definition) is 1. The van der Waals surface area contributed by atoms with E-state index in [1.807, 2.05) is 6.07 Å². The quantitative estimate of drug-likeness (QED) is 0.813. The number of benzene rings is 2. The summed E-state index contributed by atoms with van der Waals surface area (Å²) in [7, 11) is 0. The lowest BCUT2D eigenvalue weighted by molar-refractivity contribution is 0.206. The summed E-state index contributed by atoms with van der Waals surface area (Å²) in [5, 5.41) is 10.4. The summed E-state index contributed by atoms with van der Waals surface area (Å²) in [5.41, 5.74) is 7.48. The van der Waals surface area contributed by atoms with Crippen LogP contribution in [0.25, 0.3) is 11.1 Å². The van der Waals surface area contributed by atoms with Gasteiger partial charge in [0.25, 0.3) is 0 Å². The van der Waals surface area contributed by atoms with Gasteiger partial charge in [-0.1, -0.05) is 35.7 Å². The highest BCUT2D eigenvalue weighted by atomic mass is 16.3. The Balaban J connectivity index is 1.99. The Morgan fingerprint density at radius 2 is 2.18 bits per heavy atom. The molecule has 0 bridgehead atoms. The molecule has 22 heavy (non-hydrogen) atoms. The van der Waals surface area contributed by atoms with E-state index in [1.54, 1.807) is 6.07 Å². The number of rotatable bonds is 1. The van der Waals surface area contributed by atoms with Crippen LogP contribution in [0.4, 0.5) is 0 Å². The molecule has 110 valence electrons. The minimum absolute atomic E-state index is 0.338. The van der Waals surface area contributed by atoms with E-state index >= 15 is 0 Å². The van der Waals surface area contributed by atoms with E-state index in [9.17, 15) is 5.11 Å². The Bertz CT molecular complexity index is 800. The molecule has 2 aliphatic rings. The third-order valence-corrected chi connectivity index (χ3v) is 4.96. The van der Waals surface area contributed by atoms with Crippen molar-refractivity contribution < 1.29 is 5.11 Å². The number of terminal acetylenes is 1. The highest BCUT2D eigenvalue weighted by Gasteiger charge is 2.34. The normalized spacial score (nSPS) is 19.2. The van der Waals surface area contributed by atoms with Crippen molar-refractivity contribution in [2.75, 3.05) is 13.1 Å². The highest BCUT2D eigenvalue weighted by Crippen LogP contribution is 2.48. The lowest BCUT2D eigenvalue weighted by Crippen LogP contribution is -2.38. The summed E-state index contributed by atoms with van der Waals surface area (Å²) < 4.78 is 0. The van der Waals surface area contributed by atoms with Crippen LogP contribution in [0.2, 0.25) is 0 Å². The molecule has 0 unspecified atom stereocenters. The number of hydrogen-bond acceptors (Lipinski definition) is 2. The molecule has 1 atom stereocenters. The van der Waals surface area contributed by atoms with Gasteiger partial charge in [-0.05, 0) is 48.1 Å². The van der Waals surface area contributed by atoms with Gasteiger partial charge in [-0.2, -0.15) is 0 Å². The zero-order valence-electron chi connectivity index (χ0n) is 12.8. The largest absolute Gasteiger partial charge is 0.507 e. The third-order valence-electron chi connectivity index (χ3n) is 4.96. The predicted molar refractivity (Wildman–Crippen MR) is 88.8 cm³/mol. The number of aromatic hydroxyl groups is 1. The first-order valence-electron chi connectivity index (χ1n) is 7.81. The SMILES string of the molecule is C#CCN1CCc2cc(C)cc3c2[C@H]1Cc1cccc(O)c1-3. The Kier molecular flexibility index (Phi) is 2.99. The van der Waals surface area contributed by atoms with E-state index in [0.29, 0.717) is 18.3 Å². The molecule has 0 amide bonds. The molecule has 4 rings (SSSR count). The van der Waals surface area contributed by atoms with Crippen LogP contribution in [0.15, 0.2) is 30.3 Å². The lowest BCUT2D eigenvalue weighted by Gasteiger charge is -2.41. The maximum atomic E-state index is 10.4. The van der Waals surface area contributed by atoms with Gasteiger partial charge >= 0.3 is 0 Å². The topological polar surface area (TPSA) is 23.5 Å². The van der Waals surface area contributed by atoms with Crippen LogP contribution in [-0.2, 0) is 12.8 Å². The summed E-state index contributed by atoms with van der Waals surface area (Å²) >= 11 is 0. The van der Waals surface area contributed by atoms with Crippen molar-refractivity contribution in [3.8, 4) is 29.2 Å². The molecule has 1 heterocycles. The Morgan fingerprint density at radius 3 is 3.00 bits per heavy atom. The van der Waals surface area contributed by atoms with Crippen LogP contribution >= 0.6 is 0 Å². The fraction of sp³-hybridized carbons (Fsp3) is 0.300. The van der Waals surface area contributed by atoms with Gasteiger partial charge in [0.2, 0.25) is 0 Å². The first-order valence-corrected chi connectivity index (χ1v) is 7.81. The van der Waals surface area contributed by atoms with Crippen LogP contribution in [-0.4, -0.2) is 23.1 Å². The van der Waals surface area contributed by atoms with Gasteiger partial charge < -0.3 is 5.11 Å². The Morgan fingerprint density at radius 1 is 1.32 bits per heavy atom. The second kappa shape index (κ2) is 4.90. The van der Waals surface area contributed by atoms with Crippen LogP contribution in [0, 0.1) is 19.3 Å². The molecule has 1 N–H and O–H groups in total. The molecule has 0 spiro atoms. The number of phenolic OH excluding ortho intramolecular Hbond substituents is 1. The van der Waals surface area contributed by atoms with Crippen molar-refractivity contribution >= 4 is 0 Å². The Hall–Kier alpha value is -2.24. The number of fused-ring (bicyclic) bond motifs is 2. The second-order valence-corrected chi connectivity index (χ2v) is 6.34. The zero-order chi connectivity index (χ0) is 15.3. The van der Waals surface area contributed by atoms with Gasteiger partial charge in [-0.3, -0.25) is 4.90 Å². The van der Waals surface area contributed by atoms with Gasteiger partial charge in [-0.15, -0.1) is 6.42 Å². The summed E-state index contributed by atoms with van der Waals surface area (Å²) in [6.45, 7) is 3.83. The second-order valence-electron chi connectivity index (χ2n) is 6.34. The molecule has 1 aliphatic heterocycles. The molecule has 0 radical (unpaired) electrons. The van der Waals surface area contributed by atoms with E-state index in [-0.39, 0.29) is 0 Å². The molecule has 0 fully saturated rings. The fourth-order valence-corrected chi connectivity index (χ4v) is 4.10. The molecule has 0 aromatic heterocycles. The maximum Gasteiger partial charge on any atom is 0.123 e. The van der Waals surface area contributed by atoms with E-state index in [2.05, 4.69) is 35.9 Å². The van der Waals surface area contributed by atoms with Crippen molar-refractivity contribution in [2.24, 2.45) is 0 Å². The van der Waals surface area contributed by atoms with Crippen LogP contribution in [0.5, 0.6) is 5.75 Å². The molecular formula is C20H19NO. The van der Waals surface area contributed by atoms with E-state index in [1.165, 1.54) is 27.8 Å². The third kappa shape index (κ3) is 1.86. The number of phenols is 1. The minimum atomic E-state index is 0.338. The molecule has 0 saturated heterocycles. The zero-order valence-corrected chi connectivity index (χ0v) is 12.8. The van der Waals surface area contributed by atoms with Gasteiger partial charge in [0.05, 0.1) is 6.54 Å². The first-order chi connectivity index (χ1) is 10.7. The first kappa shape index (κ1) is 13.4. The molecule has 2 nitrogen and oxygen atoms in total.